The second-order valence-corrected chi connectivity index (χ2v) is 7.16. The minimum absolute atomic E-state index is 0.0865. The fourth-order valence-electron chi connectivity index (χ4n) is 3.87. The number of hydrogen-bond donors (Lipinski definition) is 2. The highest BCUT2D eigenvalue weighted by Gasteiger charge is 2.54. The number of aliphatic carboxylic acids is 1. The zero-order valence-corrected chi connectivity index (χ0v) is 15.1. The lowest BCUT2D eigenvalue weighted by atomic mass is 9.67. The van der Waals surface area contributed by atoms with Crippen molar-refractivity contribution in [3.05, 3.63) is 70.8 Å². The maximum absolute atomic E-state index is 13.2. The summed E-state index contributed by atoms with van der Waals surface area (Å²) in [6, 6.07) is 13.3. The van der Waals surface area contributed by atoms with E-state index in [4.69, 9.17) is 0 Å². The van der Waals surface area contributed by atoms with Crippen LogP contribution in [-0.2, 0) is 16.8 Å². The molecule has 1 aliphatic rings. The van der Waals surface area contributed by atoms with Crippen LogP contribution in [0.5, 0.6) is 0 Å². The summed E-state index contributed by atoms with van der Waals surface area (Å²) in [6.45, 7) is 5.38. The average molecular weight is 353 g/mol. The van der Waals surface area contributed by atoms with Gasteiger partial charge in [0.05, 0.1) is 12.6 Å². The molecule has 2 aromatic rings. The van der Waals surface area contributed by atoms with E-state index in [1.165, 1.54) is 0 Å². The summed E-state index contributed by atoms with van der Waals surface area (Å²) in [5, 5.41) is 19.5. The van der Waals surface area contributed by atoms with Gasteiger partial charge in [-0.3, -0.25) is 9.59 Å². The van der Waals surface area contributed by atoms with Crippen LogP contribution < -0.4 is 0 Å². The van der Waals surface area contributed by atoms with Crippen molar-refractivity contribution in [1.29, 1.82) is 0 Å². The van der Waals surface area contributed by atoms with E-state index in [2.05, 4.69) is 0 Å². The number of carboxylic acids is 1. The highest BCUT2D eigenvalue weighted by molar-refractivity contribution is 6.01. The van der Waals surface area contributed by atoms with Gasteiger partial charge in [0.1, 0.15) is 5.41 Å². The highest BCUT2D eigenvalue weighted by Crippen LogP contribution is 2.48. The van der Waals surface area contributed by atoms with Gasteiger partial charge in [-0.25, -0.2) is 0 Å². The largest absolute Gasteiger partial charge is 0.481 e. The van der Waals surface area contributed by atoms with Gasteiger partial charge in [0.15, 0.2) is 0 Å². The van der Waals surface area contributed by atoms with E-state index >= 15 is 0 Å². The molecule has 2 atom stereocenters. The predicted molar refractivity (Wildman–Crippen MR) is 97.8 cm³/mol. The number of aliphatic hydroxyl groups excluding tert-OH is 1. The molecule has 136 valence electrons. The Morgan fingerprint density at radius 1 is 1.15 bits per heavy atom. The summed E-state index contributed by atoms with van der Waals surface area (Å²) in [4.78, 5) is 27.3. The van der Waals surface area contributed by atoms with Gasteiger partial charge >= 0.3 is 5.97 Å². The highest BCUT2D eigenvalue weighted by atomic mass is 16.4. The molecule has 0 aliphatic carbocycles. The minimum atomic E-state index is -1.28. The van der Waals surface area contributed by atoms with Crippen LogP contribution in [0.2, 0.25) is 0 Å². The van der Waals surface area contributed by atoms with E-state index in [1.807, 2.05) is 13.8 Å². The first-order valence-corrected chi connectivity index (χ1v) is 8.67. The minimum Gasteiger partial charge on any atom is -0.481 e. The van der Waals surface area contributed by atoms with Gasteiger partial charge in [0.25, 0.3) is 5.91 Å². The molecule has 1 aliphatic heterocycles. The topological polar surface area (TPSA) is 77.8 Å². The van der Waals surface area contributed by atoms with Crippen LogP contribution in [0.1, 0.15) is 53.9 Å². The molecule has 0 spiro atoms. The average Bonchev–Trinajstić information content (AvgIpc) is 2.64. The van der Waals surface area contributed by atoms with Crippen LogP contribution in [0.4, 0.5) is 0 Å². The Kier molecular flexibility index (Phi) is 4.59. The molecule has 3 rings (SSSR count). The molecular formula is C21H23NO4. The van der Waals surface area contributed by atoms with E-state index in [0.29, 0.717) is 11.1 Å². The van der Waals surface area contributed by atoms with Gasteiger partial charge in [0, 0.05) is 11.6 Å². The fraction of sp³-hybridized carbons (Fsp3) is 0.333. The number of fused-ring (bicyclic) bond motifs is 1. The zero-order valence-electron chi connectivity index (χ0n) is 15.1. The van der Waals surface area contributed by atoms with E-state index in [1.54, 1.807) is 60.4 Å². The van der Waals surface area contributed by atoms with Gasteiger partial charge in [-0.1, -0.05) is 42.5 Å². The summed E-state index contributed by atoms with van der Waals surface area (Å²) in [7, 11) is 0. The molecule has 0 saturated heterocycles. The van der Waals surface area contributed by atoms with Crippen LogP contribution in [0.15, 0.2) is 48.5 Å². The molecule has 1 heterocycles. The maximum Gasteiger partial charge on any atom is 0.316 e. The van der Waals surface area contributed by atoms with Crippen molar-refractivity contribution in [2.45, 2.75) is 44.9 Å². The molecule has 0 aromatic heterocycles. The van der Waals surface area contributed by atoms with Crippen LogP contribution in [0.3, 0.4) is 0 Å². The normalized spacial score (nSPS) is 22.4. The van der Waals surface area contributed by atoms with E-state index in [-0.39, 0.29) is 18.6 Å². The number of carbonyl (C=O) groups excluding carboxylic acids is 1. The van der Waals surface area contributed by atoms with Crippen molar-refractivity contribution in [2.75, 3.05) is 0 Å². The Morgan fingerprint density at radius 3 is 2.31 bits per heavy atom. The molecule has 5 nitrogen and oxygen atoms in total. The summed E-state index contributed by atoms with van der Waals surface area (Å²) in [5.41, 5.74) is 1.17. The summed E-state index contributed by atoms with van der Waals surface area (Å²) >= 11 is 0. The lowest BCUT2D eigenvalue weighted by Crippen LogP contribution is -2.56. The van der Waals surface area contributed by atoms with Gasteiger partial charge in [-0.05, 0) is 43.5 Å². The lowest BCUT2D eigenvalue weighted by molar-refractivity contribution is -0.146. The Morgan fingerprint density at radius 2 is 1.77 bits per heavy atom. The van der Waals surface area contributed by atoms with Gasteiger partial charge < -0.3 is 15.1 Å². The molecule has 0 unspecified atom stereocenters. The number of carboxylic acid groups (broad SMARTS) is 1. The van der Waals surface area contributed by atoms with Crippen molar-refractivity contribution in [1.82, 2.24) is 4.90 Å². The number of benzene rings is 2. The number of carbonyl (C=O) groups is 2. The van der Waals surface area contributed by atoms with Crippen LogP contribution in [0, 0.1) is 0 Å². The predicted octanol–water partition coefficient (Wildman–Crippen LogP) is 3.13. The molecular weight excluding hydrogens is 330 g/mol. The Bertz CT molecular complexity index is 843. The molecule has 2 aromatic carbocycles. The first-order chi connectivity index (χ1) is 12.3. The summed E-state index contributed by atoms with van der Waals surface area (Å²) in [5.74, 6) is -1.13. The monoisotopic (exact) mass is 353 g/mol. The number of amides is 1. The SMILES string of the molecule is CC(C)N1C(=O)c2ccccc2[C@](C)(C(=O)O)[C@@H]1c1ccc(CO)cc1. The van der Waals surface area contributed by atoms with Crippen molar-refractivity contribution in [2.24, 2.45) is 0 Å². The summed E-state index contributed by atoms with van der Waals surface area (Å²) < 4.78 is 0. The van der Waals surface area contributed by atoms with Crippen molar-refractivity contribution < 1.29 is 19.8 Å². The lowest BCUT2D eigenvalue weighted by Gasteiger charge is -2.48. The number of hydrogen-bond acceptors (Lipinski definition) is 3. The molecule has 26 heavy (non-hydrogen) atoms. The third-order valence-electron chi connectivity index (χ3n) is 5.26. The van der Waals surface area contributed by atoms with E-state index < -0.39 is 17.4 Å². The standard InChI is InChI=1S/C21H23NO4/c1-13(2)22-18(15-10-8-14(12-23)9-11-15)21(3,20(25)26)17-7-5-4-6-16(17)19(22)24/h4-11,13,18,23H,12H2,1-3H3,(H,25,26)/t18-,21-/m0/s1. The Hall–Kier alpha value is -2.66. The van der Waals surface area contributed by atoms with Crippen LogP contribution in [-0.4, -0.2) is 33.0 Å². The fourth-order valence-corrected chi connectivity index (χ4v) is 3.87. The molecule has 0 radical (unpaired) electrons. The maximum atomic E-state index is 13.2. The molecule has 5 heteroatoms. The van der Waals surface area contributed by atoms with E-state index in [0.717, 1.165) is 11.1 Å². The molecule has 1 amide bonds. The molecule has 0 fully saturated rings. The first kappa shape index (κ1) is 18.1. The van der Waals surface area contributed by atoms with E-state index in [9.17, 15) is 19.8 Å². The van der Waals surface area contributed by atoms with Gasteiger partial charge in [-0.2, -0.15) is 0 Å². The number of rotatable bonds is 4. The quantitative estimate of drug-likeness (QED) is 0.885. The number of nitrogens with zero attached hydrogens (tertiary/aromatic N) is 1. The summed E-state index contributed by atoms with van der Waals surface area (Å²) in [6.07, 6.45) is 0. The second-order valence-electron chi connectivity index (χ2n) is 7.16. The Balaban J connectivity index is 2.29. The smallest absolute Gasteiger partial charge is 0.316 e. The molecule has 0 bridgehead atoms. The molecule has 0 saturated carbocycles. The van der Waals surface area contributed by atoms with Crippen molar-refractivity contribution in [3.8, 4) is 0 Å². The third-order valence-corrected chi connectivity index (χ3v) is 5.26. The van der Waals surface area contributed by atoms with Crippen LogP contribution >= 0.6 is 0 Å². The van der Waals surface area contributed by atoms with Gasteiger partial charge in [0.2, 0.25) is 0 Å². The third kappa shape index (κ3) is 2.59. The van der Waals surface area contributed by atoms with Crippen molar-refractivity contribution >= 4 is 11.9 Å². The van der Waals surface area contributed by atoms with Gasteiger partial charge in [-0.15, -0.1) is 0 Å². The number of aliphatic hydroxyl groups is 1. The van der Waals surface area contributed by atoms with Crippen molar-refractivity contribution in [3.63, 3.8) is 0 Å². The first-order valence-electron chi connectivity index (χ1n) is 8.67. The zero-order chi connectivity index (χ0) is 19.1. The Labute approximate surface area is 152 Å². The van der Waals surface area contributed by atoms with Crippen LogP contribution in [0.25, 0.3) is 0 Å². The molecule has 2 N–H and O–H groups in total. The second kappa shape index (κ2) is 6.57.